The fraction of sp³-hybridized carbons (Fsp3) is 0.261. The molecular formula is C23H25N3O2. The smallest absolute Gasteiger partial charge is 0.293 e. The second kappa shape index (κ2) is 8.21. The Morgan fingerprint density at radius 1 is 1.00 bits per heavy atom. The molecule has 144 valence electrons. The summed E-state index contributed by atoms with van der Waals surface area (Å²) < 4.78 is 1.70. The first-order chi connectivity index (χ1) is 13.4. The first-order valence-electron chi connectivity index (χ1n) is 9.45. The maximum Gasteiger partial charge on any atom is 0.293 e. The van der Waals surface area contributed by atoms with E-state index in [4.69, 9.17) is 0 Å². The molecule has 1 amide bonds. The van der Waals surface area contributed by atoms with Gasteiger partial charge in [0.1, 0.15) is 0 Å². The second-order valence-corrected chi connectivity index (χ2v) is 6.97. The molecule has 1 unspecified atom stereocenters. The number of para-hydroxylation sites is 1. The van der Waals surface area contributed by atoms with Crippen LogP contribution >= 0.6 is 0 Å². The maximum absolute atomic E-state index is 12.9. The van der Waals surface area contributed by atoms with E-state index < -0.39 is 11.7 Å². The molecule has 1 atom stereocenters. The largest absolute Gasteiger partial charge is 0.342 e. The van der Waals surface area contributed by atoms with Crippen LogP contribution in [0.1, 0.15) is 52.3 Å². The molecule has 0 radical (unpaired) electrons. The minimum atomic E-state index is -0.605. The van der Waals surface area contributed by atoms with Crippen LogP contribution in [0, 0.1) is 20.8 Å². The zero-order valence-corrected chi connectivity index (χ0v) is 16.7. The van der Waals surface area contributed by atoms with Crippen molar-refractivity contribution in [3.8, 4) is 5.69 Å². The third-order valence-corrected chi connectivity index (χ3v) is 4.92. The van der Waals surface area contributed by atoms with Crippen LogP contribution in [0.2, 0.25) is 0 Å². The molecule has 28 heavy (non-hydrogen) atoms. The lowest BCUT2D eigenvalue weighted by Gasteiger charge is -2.17. The number of aryl methyl sites for hydroxylation is 2. The number of Topliss-reactive ketones (excluding diaryl/α,β-unsaturated/α-hetero) is 1. The van der Waals surface area contributed by atoms with Gasteiger partial charge in [-0.25, -0.2) is 4.68 Å². The van der Waals surface area contributed by atoms with E-state index in [0.29, 0.717) is 23.4 Å². The van der Waals surface area contributed by atoms with Crippen molar-refractivity contribution < 1.29 is 9.59 Å². The monoisotopic (exact) mass is 375 g/mol. The number of aromatic nitrogens is 2. The van der Waals surface area contributed by atoms with Crippen LogP contribution < -0.4 is 5.32 Å². The van der Waals surface area contributed by atoms with Crippen molar-refractivity contribution in [2.45, 2.75) is 40.2 Å². The second-order valence-electron chi connectivity index (χ2n) is 6.97. The number of benzene rings is 2. The molecule has 0 spiro atoms. The third kappa shape index (κ3) is 3.88. The van der Waals surface area contributed by atoms with Crippen molar-refractivity contribution in [1.82, 2.24) is 15.1 Å². The van der Waals surface area contributed by atoms with Crippen molar-refractivity contribution >= 4 is 11.7 Å². The standard InChI is InChI=1S/C23H25N3O2/c1-5-20(18-13-11-15(2)12-14-18)24-23(28)22(27)21-16(3)25-26(17(21)4)19-9-7-6-8-10-19/h6-14,20H,5H2,1-4H3,(H,24,28). The highest BCUT2D eigenvalue weighted by Gasteiger charge is 2.26. The van der Waals surface area contributed by atoms with Gasteiger partial charge in [-0.1, -0.05) is 55.0 Å². The highest BCUT2D eigenvalue weighted by atomic mass is 16.2. The maximum atomic E-state index is 12.9. The molecule has 2 aromatic carbocycles. The number of amides is 1. The minimum absolute atomic E-state index is 0.207. The lowest BCUT2D eigenvalue weighted by atomic mass is 10.0. The lowest BCUT2D eigenvalue weighted by molar-refractivity contribution is -0.117. The van der Waals surface area contributed by atoms with Gasteiger partial charge >= 0.3 is 0 Å². The quantitative estimate of drug-likeness (QED) is 0.517. The normalized spacial score (nSPS) is 11.9. The van der Waals surface area contributed by atoms with E-state index in [2.05, 4.69) is 10.4 Å². The Morgan fingerprint density at radius 3 is 2.25 bits per heavy atom. The molecular weight excluding hydrogens is 350 g/mol. The Hall–Kier alpha value is -3.21. The molecule has 0 aliphatic carbocycles. The van der Waals surface area contributed by atoms with Gasteiger partial charge < -0.3 is 5.32 Å². The zero-order chi connectivity index (χ0) is 20.3. The molecule has 0 saturated carbocycles. The highest BCUT2D eigenvalue weighted by molar-refractivity contribution is 6.43. The highest BCUT2D eigenvalue weighted by Crippen LogP contribution is 2.20. The fourth-order valence-electron chi connectivity index (χ4n) is 3.35. The van der Waals surface area contributed by atoms with Crippen molar-refractivity contribution in [1.29, 1.82) is 0 Å². The molecule has 0 saturated heterocycles. The average Bonchev–Trinajstić information content (AvgIpc) is 3.01. The van der Waals surface area contributed by atoms with E-state index in [1.165, 1.54) is 0 Å². The number of carbonyl (C=O) groups is 2. The SMILES string of the molecule is CCC(NC(=O)C(=O)c1c(C)nn(-c2ccccc2)c1C)c1ccc(C)cc1. The summed E-state index contributed by atoms with van der Waals surface area (Å²) >= 11 is 0. The molecule has 5 nitrogen and oxygen atoms in total. The van der Waals surface area contributed by atoms with Crippen LogP contribution in [-0.4, -0.2) is 21.5 Å². The Labute approximate surface area is 165 Å². The van der Waals surface area contributed by atoms with Crippen molar-refractivity contribution in [3.63, 3.8) is 0 Å². The molecule has 1 N–H and O–H groups in total. The Bertz CT molecular complexity index is 989. The fourth-order valence-corrected chi connectivity index (χ4v) is 3.35. The number of nitrogens with zero attached hydrogens (tertiary/aromatic N) is 2. The molecule has 1 heterocycles. The van der Waals surface area contributed by atoms with Crippen molar-refractivity contribution in [2.24, 2.45) is 0 Å². The third-order valence-electron chi connectivity index (χ3n) is 4.92. The van der Waals surface area contributed by atoms with Crippen LogP contribution in [0.5, 0.6) is 0 Å². The summed E-state index contributed by atoms with van der Waals surface area (Å²) in [7, 11) is 0. The van der Waals surface area contributed by atoms with Crippen LogP contribution in [0.15, 0.2) is 54.6 Å². The molecule has 3 aromatic rings. The Kier molecular flexibility index (Phi) is 5.73. The van der Waals surface area contributed by atoms with Gasteiger partial charge in [0.25, 0.3) is 11.7 Å². The molecule has 3 rings (SSSR count). The van der Waals surface area contributed by atoms with Crippen LogP contribution in [0.25, 0.3) is 5.69 Å². The molecule has 5 heteroatoms. The van der Waals surface area contributed by atoms with Gasteiger partial charge in [-0.15, -0.1) is 0 Å². The summed E-state index contributed by atoms with van der Waals surface area (Å²) in [6, 6.07) is 17.3. The van der Waals surface area contributed by atoms with E-state index in [1.54, 1.807) is 11.6 Å². The predicted octanol–water partition coefficient (Wildman–Crippen LogP) is 4.25. The Morgan fingerprint density at radius 2 is 1.64 bits per heavy atom. The molecule has 1 aromatic heterocycles. The van der Waals surface area contributed by atoms with Crippen LogP contribution in [0.4, 0.5) is 0 Å². The molecule has 0 bridgehead atoms. The summed E-state index contributed by atoms with van der Waals surface area (Å²) in [6.07, 6.45) is 0.698. The average molecular weight is 375 g/mol. The summed E-state index contributed by atoms with van der Waals surface area (Å²) in [4.78, 5) is 25.6. The number of nitrogens with one attached hydrogen (secondary N) is 1. The summed E-state index contributed by atoms with van der Waals surface area (Å²) in [5, 5.41) is 7.35. The van der Waals surface area contributed by atoms with Gasteiger partial charge in [-0.2, -0.15) is 5.10 Å². The topological polar surface area (TPSA) is 64.0 Å². The van der Waals surface area contributed by atoms with Gasteiger partial charge in [0, 0.05) is 0 Å². The van der Waals surface area contributed by atoms with E-state index >= 15 is 0 Å². The molecule has 0 fully saturated rings. The van der Waals surface area contributed by atoms with Crippen molar-refractivity contribution in [2.75, 3.05) is 0 Å². The van der Waals surface area contributed by atoms with E-state index in [1.807, 2.05) is 75.4 Å². The number of ketones is 1. The van der Waals surface area contributed by atoms with Crippen molar-refractivity contribution in [3.05, 3.63) is 82.7 Å². The van der Waals surface area contributed by atoms with Crippen LogP contribution in [0.3, 0.4) is 0 Å². The van der Waals surface area contributed by atoms with Crippen LogP contribution in [-0.2, 0) is 4.79 Å². The first kappa shape index (κ1) is 19.5. The van der Waals surface area contributed by atoms with Gasteiger partial charge in [0.05, 0.1) is 28.7 Å². The number of rotatable bonds is 6. The predicted molar refractivity (Wildman–Crippen MR) is 110 cm³/mol. The first-order valence-corrected chi connectivity index (χ1v) is 9.45. The molecule has 0 aliphatic rings. The van der Waals surface area contributed by atoms with E-state index in [-0.39, 0.29) is 6.04 Å². The number of hydrogen-bond acceptors (Lipinski definition) is 3. The summed E-state index contributed by atoms with van der Waals surface area (Å²) in [5.74, 6) is -1.16. The van der Waals surface area contributed by atoms with E-state index in [0.717, 1.165) is 16.8 Å². The van der Waals surface area contributed by atoms with Gasteiger partial charge in [0.15, 0.2) is 0 Å². The van der Waals surface area contributed by atoms with E-state index in [9.17, 15) is 9.59 Å². The number of carbonyl (C=O) groups excluding carboxylic acids is 2. The van der Waals surface area contributed by atoms with Gasteiger partial charge in [-0.05, 0) is 44.9 Å². The molecule has 0 aliphatic heterocycles. The lowest BCUT2D eigenvalue weighted by Crippen LogP contribution is -2.34. The summed E-state index contributed by atoms with van der Waals surface area (Å²) in [6.45, 7) is 7.57. The summed E-state index contributed by atoms with van der Waals surface area (Å²) in [5.41, 5.74) is 4.56. The Balaban J connectivity index is 1.84. The zero-order valence-electron chi connectivity index (χ0n) is 16.7. The van der Waals surface area contributed by atoms with Gasteiger partial charge in [0.2, 0.25) is 0 Å². The number of hydrogen-bond donors (Lipinski definition) is 1. The minimum Gasteiger partial charge on any atom is -0.342 e. The van der Waals surface area contributed by atoms with Gasteiger partial charge in [-0.3, -0.25) is 9.59 Å².